The van der Waals surface area contributed by atoms with Crippen LogP contribution >= 0.6 is 0 Å². The van der Waals surface area contributed by atoms with Crippen LogP contribution in [0.1, 0.15) is 33.3 Å². The molecular formula is C29H33F2N3O5S. The van der Waals surface area contributed by atoms with Crippen molar-refractivity contribution in [3.8, 4) is 5.75 Å². The summed E-state index contributed by atoms with van der Waals surface area (Å²) in [7, 11) is -4.37. The molecule has 1 N–H and O–H groups in total. The molecule has 3 rings (SSSR count). The molecule has 40 heavy (non-hydrogen) atoms. The first kappa shape index (κ1) is 30.6. The molecule has 0 saturated carbocycles. The van der Waals surface area contributed by atoms with E-state index in [0.717, 1.165) is 33.5 Å². The minimum atomic E-state index is -4.37. The summed E-state index contributed by atoms with van der Waals surface area (Å²) in [6, 6.07) is 14.9. The number of rotatable bonds is 12. The number of hydrogen-bond donors (Lipinski definition) is 1. The fourth-order valence-electron chi connectivity index (χ4n) is 3.94. The van der Waals surface area contributed by atoms with Crippen molar-refractivity contribution in [2.24, 2.45) is 0 Å². The molecular weight excluding hydrogens is 540 g/mol. The molecule has 0 fully saturated rings. The third-order valence-electron chi connectivity index (χ3n) is 6.01. The first-order valence-corrected chi connectivity index (χ1v) is 14.2. The highest BCUT2D eigenvalue weighted by molar-refractivity contribution is 7.92. The van der Waals surface area contributed by atoms with Crippen LogP contribution in [0.25, 0.3) is 0 Å². The first-order chi connectivity index (χ1) is 18.9. The summed E-state index contributed by atoms with van der Waals surface area (Å²) >= 11 is 0. The van der Waals surface area contributed by atoms with Crippen LogP contribution in [0.5, 0.6) is 5.75 Å². The van der Waals surface area contributed by atoms with Gasteiger partial charge in [0.05, 0.1) is 17.2 Å². The maximum absolute atomic E-state index is 14.6. The molecule has 11 heteroatoms. The molecule has 214 valence electrons. The van der Waals surface area contributed by atoms with Crippen LogP contribution in [0.2, 0.25) is 0 Å². The Hall–Kier alpha value is -3.99. The lowest BCUT2D eigenvalue weighted by atomic mass is 10.1. The zero-order chi connectivity index (χ0) is 29.4. The monoisotopic (exact) mass is 573 g/mol. The predicted molar refractivity (Wildman–Crippen MR) is 148 cm³/mol. The van der Waals surface area contributed by atoms with Gasteiger partial charge in [-0.2, -0.15) is 0 Å². The standard InChI is InChI=1S/C29H33F2N3O5S/c1-5-39-25-14-12-24(13-15-25)34(40(37,38)26-16-10-23(30)11-17-26)19-28(35)33(21(4)29(36)32-20(2)3)18-22-8-6-7-9-27(22)31/h6-17,20-21H,5,18-19H2,1-4H3,(H,32,36)/t21-/m1/s1. The molecule has 0 spiro atoms. The molecule has 0 saturated heterocycles. The summed E-state index contributed by atoms with van der Waals surface area (Å²) in [4.78, 5) is 27.6. The van der Waals surface area contributed by atoms with E-state index in [1.54, 1.807) is 39.0 Å². The van der Waals surface area contributed by atoms with E-state index < -0.39 is 46.1 Å². The van der Waals surface area contributed by atoms with E-state index in [1.807, 2.05) is 0 Å². The van der Waals surface area contributed by atoms with Gasteiger partial charge in [0.25, 0.3) is 10.0 Å². The van der Waals surface area contributed by atoms with Gasteiger partial charge in [0.15, 0.2) is 0 Å². The summed E-state index contributed by atoms with van der Waals surface area (Å²) in [5, 5.41) is 2.73. The van der Waals surface area contributed by atoms with E-state index in [0.29, 0.717) is 12.4 Å². The normalized spacial score (nSPS) is 12.1. The Kier molecular flexibility index (Phi) is 10.2. The van der Waals surface area contributed by atoms with Gasteiger partial charge in [-0.1, -0.05) is 18.2 Å². The fraction of sp³-hybridized carbons (Fsp3) is 0.310. The Morgan fingerprint density at radius 2 is 1.55 bits per heavy atom. The zero-order valence-electron chi connectivity index (χ0n) is 22.8. The summed E-state index contributed by atoms with van der Waals surface area (Å²) in [6.45, 7) is 6.24. The van der Waals surface area contributed by atoms with Gasteiger partial charge >= 0.3 is 0 Å². The van der Waals surface area contributed by atoms with E-state index >= 15 is 0 Å². The number of amides is 2. The van der Waals surface area contributed by atoms with Crippen LogP contribution in [0.4, 0.5) is 14.5 Å². The van der Waals surface area contributed by atoms with Crippen molar-refractivity contribution >= 4 is 27.5 Å². The SMILES string of the molecule is CCOc1ccc(N(CC(=O)N(Cc2ccccc2F)[C@H](C)C(=O)NC(C)C)S(=O)(=O)c2ccc(F)cc2)cc1. The molecule has 3 aromatic carbocycles. The molecule has 0 radical (unpaired) electrons. The van der Waals surface area contributed by atoms with Crippen molar-refractivity contribution in [3.63, 3.8) is 0 Å². The number of anilines is 1. The number of hydrogen-bond acceptors (Lipinski definition) is 5. The summed E-state index contributed by atoms with van der Waals surface area (Å²) in [5.74, 6) is -1.91. The van der Waals surface area contributed by atoms with Crippen LogP contribution in [0.15, 0.2) is 77.7 Å². The quantitative estimate of drug-likeness (QED) is 0.344. The average molecular weight is 574 g/mol. The lowest BCUT2D eigenvalue weighted by Crippen LogP contribution is -2.52. The highest BCUT2D eigenvalue weighted by Crippen LogP contribution is 2.27. The van der Waals surface area contributed by atoms with Crippen LogP contribution in [-0.4, -0.2) is 50.4 Å². The molecule has 3 aromatic rings. The molecule has 0 aliphatic heterocycles. The highest BCUT2D eigenvalue weighted by Gasteiger charge is 2.33. The lowest BCUT2D eigenvalue weighted by Gasteiger charge is -2.32. The van der Waals surface area contributed by atoms with Crippen molar-refractivity contribution in [2.75, 3.05) is 17.5 Å². The summed E-state index contributed by atoms with van der Waals surface area (Å²) in [6.07, 6.45) is 0. The van der Waals surface area contributed by atoms with E-state index in [9.17, 15) is 26.8 Å². The maximum atomic E-state index is 14.6. The number of carbonyl (C=O) groups is 2. The number of ether oxygens (including phenoxy) is 1. The van der Waals surface area contributed by atoms with E-state index in [2.05, 4.69) is 5.32 Å². The van der Waals surface area contributed by atoms with Crippen molar-refractivity contribution in [1.82, 2.24) is 10.2 Å². The van der Waals surface area contributed by atoms with Gasteiger partial charge in [-0.05, 0) is 82.3 Å². The molecule has 0 bridgehead atoms. The van der Waals surface area contributed by atoms with E-state index in [1.165, 1.54) is 37.3 Å². The second kappa shape index (κ2) is 13.4. The molecule has 8 nitrogen and oxygen atoms in total. The van der Waals surface area contributed by atoms with Crippen molar-refractivity contribution in [3.05, 3.63) is 90.0 Å². The minimum Gasteiger partial charge on any atom is -0.494 e. The molecule has 0 aliphatic rings. The fourth-order valence-corrected chi connectivity index (χ4v) is 5.35. The summed E-state index contributed by atoms with van der Waals surface area (Å²) < 4.78 is 61.9. The van der Waals surface area contributed by atoms with Crippen LogP contribution in [-0.2, 0) is 26.2 Å². The van der Waals surface area contributed by atoms with E-state index in [-0.39, 0.29) is 28.7 Å². The third kappa shape index (κ3) is 7.56. The molecule has 0 aliphatic carbocycles. The van der Waals surface area contributed by atoms with Gasteiger partial charge in [0.1, 0.15) is 30.0 Å². The Morgan fingerprint density at radius 1 is 0.925 bits per heavy atom. The number of carbonyl (C=O) groups excluding carboxylic acids is 2. The van der Waals surface area contributed by atoms with Crippen molar-refractivity contribution in [1.29, 1.82) is 0 Å². The first-order valence-electron chi connectivity index (χ1n) is 12.8. The number of benzene rings is 3. The summed E-state index contributed by atoms with van der Waals surface area (Å²) in [5.41, 5.74) is 0.306. The smallest absolute Gasteiger partial charge is 0.264 e. The van der Waals surface area contributed by atoms with Crippen molar-refractivity contribution < 1.29 is 31.5 Å². The topological polar surface area (TPSA) is 96.0 Å². The second-order valence-electron chi connectivity index (χ2n) is 9.34. The molecule has 0 unspecified atom stereocenters. The third-order valence-corrected chi connectivity index (χ3v) is 7.80. The van der Waals surface area contributed by atoms with Gasteiger partial charge in [-0.25, -0.2) is 17.2 Å². The number of halogens is 2. The predicted octanol–water partition coefficient (Wildman–Crippen LogP) is 4.50. The van der Waals surface area contributed by atoms with Crippen LogP contribution in [0.3, 0.4) is 0 Å². The van der Waals surface area contributed by atoms with Gasteiger partial charge in [0, 0.05) is 18.2 Å². The Labute approximate surface area is 233 Å². The number of nitrogens with zero attached hydrogens (tertiary/aromatic N) is 2. The zero-order valence-corrected chi connectivity index (χ0v) is 23.6. The molecule has 2 amide bonds. The molecule has 1 atom stereocenters. The van der Waals surface area contributed by atoms with Gasteiger partial charge < -0.3 is 15.0 Å². The second-order valence-corrected chi connectivity index (χ2v) is 11.2. The lowest BCUT2D eigenvalue weighted by molar-refractivity contribution is -0.139. The minimum absolute atomic E-state index is 0.145. The van der Waals surface area contributed by atoms with Crippen LogP contribution < -0.4 is 14.4 Å². The average Bonchev–Trinajstić information content (AvgIpc) is 2.91. The number of nitrogens with one attached hydrogen (secondary N) is 1. The maximum Gasteiger partial charge on any atom is 0.264 e. The Balaban J connectivity index is 2.04. The largest absolute Gasteiger partial charge is 0.494 e. The van der Waals surface area contributed by atoms with Gasteiger partial charge in [0.2, 0.25) is 11.8 Å². The van der Waals surface area contributed by atoms with Crippen molar-refractivity contribution in [2.45, 2.75) is 51.2 Å². The van der Waals surface area contributed by atoms with Gasteiger partial charge in [-0.3, -0.25) is 13.9 Å². The van der Waals surface area contributed by atoms with E-state index in [4.69, 9.17) is 4.74 Å². The molecule has 0 heterocycles. The Bertz CT molecular complexity index is 1410. The number of sulfonamides is 1. The molecule has 0 aromatic heterocycles. The van der Waals surface area contributed by atoms with Crippen LogP contribution in [0, 0.1) is 11.6 Å². The Morgan fingerprint density at radius 3 is 2.12 bits per heavy atom. The van der Waals surface area contributed by atoms with Gasteiger partial charge in [-0.15, -0.1) is 0 Å². The highest BCUT2D eigenvalue weighted by atomic mass is 32.2.